The van der Waals surface area contributed by atoms with E-state index in [0.29, 0.717) is 18.6 Å². The molecule has 1 aliphatic heterocycles. The Bertz CT molecular complexity index is 1830. The molecule has 0 spiro atoms. The largest absolute Gasteiger partial charge is 0.462 e. The number of rotatable bonds is 17. The predicted molar refractivity (Wildman–Crippen MR) is 256 cm³/mol. The zero-order valence-electron chi connectivity index (χ0n) is 39.3. The highest BCUT2D eigenvalue weighted by molar-refractivity contribution is 6.99. The highest BCUT2D eigenvalue weighted by Gasteiger charge is 2.52. The lowest BCUT2D eigenvalue weighted by Crippen LogP contribution is -2.67. The second kappa shape index (κ2) is 19.4. The van der Waals surface area contributed by atoms with Gasteiger partial charge in [0.25, 0.3) is 8.32 Å². The van der Waals surface area contributed by atoms with E-state index in [2.05, 4.69) is 167 Å². The molecule has 3 aromatic carbocycles. The summed E-state index contributed by atoms with van der Waals surface area (Å²) in [6.45, 7) is 36.1. The Hall–Kier alpha value is -2.90. The number of aryl methyl sites for hydroxylation is 1. The average molecular weight is 857 g/mol. The molecule has 4 rings (SSSR count). The Morgan fingerprint density at radius 3 is 1.88 bits per heavy atom. The van der Waals surface area contributed by atoms with Crippen molar-refractivity contribution in [1.29, 1.82) is 0 Å². The first-order valence-corrected chi connectivity index (χ1v) is 30.2. The molecular formula is C50H76O6Si3. The van der Waals surface area contributed by atoms with Gasteiger partial charge < -0.3 is 23.1 Å². The standard InChI is InChI=1S/C50H76O6Si3/c1-37(39(3)55-59(49(7,8)9,41-28-19-17-20-29-41)42-30-21-18-22-31-42)33-34-44(56-58(15,16)48(4,5)6)46-43(53-50(10,11)54-46)32-24-27-40-26-23-25-38(2)45(40)47(51)52-35-36-57(12,13)14/h17-31,33-34,37,39,43-44,46H,32,35-36H2,1-16H3/b27-24+,34-33-/t37-,39+,43+,44?,46+/m1/s1. The second-order valence-corrected chi connectivity index (χ2v) is 35.5. The summed E-state index contributed by atoms with van der Waals surface area (Å²) in [6, 6.07) is 28.5. The first kappa shape index (κ1) is 48.8. The van der Waals surface area contributed by atoms with Gasteiger partial charge in [-0.2, -0.15) is 0 Å². The van der Waals surface area contributed by atoms with Gasteiger partial charge in [-0.15, -0.1) is 0 Å². The van der Waals surface area contributed by atoms with E-state index in [0.717, 1.165) is 17.2 Å². The molecule has 0 aromatic heterocycles. The van der Waals surface area contributed by atoms with E-state index in [1.165, 1.54) is 10.4 Å². The van der Waals surface area contributed by atoms with Crippen LogP contribution in [0, 0.1) is 12.8 Å². The molecule has 0 radical (unpaired) electrons. The Balaban J connectivity index is 1.65. The third-order valence-corrected chi connectivity index (χ3v) is 23.5. The second-order valence-electron chi connectivity index (χ2n) is 20.8. The number of hydrogen-bond acceptors (Lipinski definition) is 6. The maximum atomic E-state index is 13.4. The van der Waals surface area contributed by atoms with Gasteiger partial charge in [0.05, 0.1) is 24.4 Å². The van der Waals surface area contributed by atoms with Gasteiger partial charge in [0.2, 0.25) is 0 Å². The summed E-state index contributed by atoms with van der Waals surface area (Å²) in [5.74, 6) is -0.997. The monoisotopic (exact) mass is 856 g/mol. The van der Waals surface area contributed by atoms with Crippen molar-refractivity contribution in [2.75, 3.05) is 6.61 Å². The smallest absolute Gasteiger partial charge is 0.338 e. The normalized spacial score (nSPS) is 19.6. The molecule has 3 aromatic rings. The van der Waals surface area contributed by atoms with Crippen LogP contribution in [0.3, 0.4) is 0 Å². The fourth-order valence-electron chi connectivity index (χ4n) is 7.53. The molecule has 1 saturated heterocycles. The molecule has 59 heavy (non-hydrogen) atoms. The van der Waals surface area contributed by atoms with Crippen LogP contribution in [0.5, 0.6) is 0 Å². The van der Waals surface area contributed by atoms with Crippen LogP contribution in [-0.2, 0) is 23.1 Å². The Morgan fingerprint density at radius 1 is 0.780 bits per heavy atom. The van der Waals surface area contributed by atoms with Crippen molar-refractivity contribution in [3.05, 3.63) is 114 Å². The minimum atomic E-state index is -2.76. The number of ether oxygens (including phenoxy) is 3. The summed E-state index contributed by atoms with van der Waals surface area (Å²) in [4.78, 5) is 13.4. The highest BCUT2D eigenvalue weighted by atomic mass is 28.4. The van der Waals surface area contributed by atoms with Gasteiger partial charge in [-0.05, 0) is 90.7 Å². The minimum Gasteiger partial charge on any atom is -0.462 e. The topological polar surface area (TPSA) is 63.2 Å². The molecule has 0 saturated carbocycles. The molecule has 0 aliphatic carbocycles. The maximum absolute atomic E-state index is 13.4. The van der Waals surface area contributed by atoms with Crippen molar-refractivity contribution in [2.45, 2.75) is 162 Å². The van der Waals surface area contributed by atoms with Crippen molar-refractivity contribution in [3.63, 3.8) is 0 Å². The predicted octanol–water partition coefficient (Wildman–Crippen LogP) is 12.0. The third-order valence-electron chi connectivity index (χ3n) is 12.2. The highest BCUT2D eigenvalue weighted by Crippen LogP contribution is 2.42. The van der Waals surface area contributed by atoms with Crippen LogP contribution >= 0.6 is 0 Å². The van der Waals surface area contributed by atoms with Crippen LogP contribution < -0.4 is 10.4 Å². The zero-order chi connectivity index (χ0) is 44.0. The molecule has 0 amide bonds. The summed E-state index contributed by atoms with van der Waals surface area (Å²) in [6.07, 6.45) is 8.13. The van der Waals surface area contributed by atoms with Crippen LogP contribution in [0.1, 0.15) is 97.1 Å². The Kier molecular flexibility index (Phi) is 16.1. The number of hydrogen-bond donors (Lipinski definition) is 0. The average Bonchev–Trinajstić information content (AvgIpc) is 3.44. The molecule has 1 unspecified atom stereocenters. The maximum Gasteiger partial charge on any atom is 0.338 e. The number of benzene rings is 3. The fraction of sp³-hybridized carbons (Fsp3) is 0.540. The first-order valence-electron chi connectivity index (χ1n) is 21.7. The van der Waals surface area contributed by atoms with Gasteiger partial charge in [-0.3, -0.25) is 0 Å². The lowest BCUT2D eigenvalue weighted by molar-refractivity contribution is -0.151. The lowest BCUT2D eigenvalue weighted by atomic mass is 9.99. The summed E-state index contributed by atoms with van der Waals surface area (Å²) in [5, 5.41) is 2.40. The van der Waals surface area contributed by atoms with E-state index in [1.54, 1.807) is 0 Å². The summed E-state index contributed by atoms with van der Waals surface area (Å²) in [5.41, 5.74) is 2.36. The summed E-state index contributed by atoms with van der Waals surface area (Å²) < 4.78 is 34.0. The van der Waals surface area contributed by atoms with Crippen molar-refractivity contribution in [1.82, 2.24) is 0 Å². The lowest BCUT2D eigenvalue weighted by Gasteiger charge is -2.45. The quantitative estimate of drug-likeness (QED) is 0.0766. The minimum absolute atomic E-state index is 0.0139. The fourth-order valence-corrected chi connectivity index (χ4v) is 14.3. The molecule has 1 heterocycles. The molecule has 6 nitrogen and oxygen atoms in total. The number of carbonyl (C=O) groups is 1. The van der Waals surface area contributed by atoms with Gasteiger partial charge in [-0.1, -0.05) is 171 Å². The SMILES string of the molecule is Cc1cccc(/C=C/C[C@@H]2OC(C)(C)O[C@@H]2C(/C=C\[C@@H](C)[C@H](C)O[Si](c2ccccc2)(c2ccccc2)C(C)(C)C)O[Si](C)(C)C(C)(C)C)c1C(=O)OCC[Si](C)(C)C. The molecular weight excluding hydrogens is 781 g/mol. The van der Waals surface area contributed by atoms with E-state index >= 15 is 0 Å². The first-order chi connectivity index (χ1) is 27.3. The third kappa shape index (κ3) is 12.6. The van der Waals surface area contributed by atoms with Crippen LogP contribution in [0.15, 0.2) is 97.1 Å². The molecule has 324 valence electrons. The molecule has 0 N–H and O–H groups in total. The van der Waals surface area contributed by atoms with Crippen molar-refractivity contribution in [2.24, 2.45) is 5.92 Å². The van der Waals surface area contributed by atoms with E-state index in [-0.39, 0.29) is 46.4 Å². The zero-order valence-corrected chi connectivity index (χ0v) is 42.3. The van der Waals surface area contributed by atoms with E-state index < -0.39 is 30.5 Å². The summed E-state index contributed by atoms with van der Waals surface area (Å²) in [7, 11) is -6.37. The Labute approximate surface area is 361 Å². The number of esters is 1. The van der Waals surface area contributed by atoms with Crippen molar-refractivity contribution in [3.8, 4) is 0 Å². The van der Waals surface area contributed by atoms with E-state index in [1.807, 2.05) is 45.0 Å². The number of carbonyl (C=O) groups excluding carboxylic acids is 1. The van der Waals surface area contributed by atoms with Gasteiger partial charge in [0.15, 0.2) is 14.1 Å². The van der Waals surface area contributed by atoms with Crippen LogP contribution in [0.2, 0.25) is 48.9 Å². The van der Waals surface area contributed by atoms with Gasteiger partial charge in [0.1, 0.15) is 6.10 Å². The molecule has 5 atom stereocenters. The van der Waals surface area contributed by atoms with E-state index in [9.17, 15) is 4.79 Å². The molecule has 0 bridgehead atoms. The van der Waals surface area contributed by atoms with Crippen molar-refractivity contribution < 1.29 is 27.9 Å². The van der Waals surface area contributed by atoms with E-state index in [4.69, 9.17) is 23.1 Å². The Morgan fingerprint density at radius 2 is 1.36 bits per heavy atom. The van der Waals surface area contributed by atoms with Gasteiger partial charge in [0, 0.05) is 14.2 Å². The van der Waals surface area contributed by atoms with Crippen LogP contribution in [0.4, 0.5) is 0 Å². The van der Waals surface area contributed by atoms with Gasteiger partial charge >= 0.3 is 5.97 Å². The van der Waals surface area contributed by atoms with Crippen LogP contribution in [-0.4, -0.2) is 67.5 Å². The molecule has 1 aliphatic rings. The molecule has 9 heteroatoms. The summed E-state index contributed by atoms with van der Waals surface area (Å²) >= 11 is 0. The van der Waals surface area contributed by atoms with Gasteiger partial charge in [-0.25, -0.2) is 4.79 Å². The van der Waals surface area contributed by atoms with Crippen LogP contribution in [0.25, 0.3) is 6.08 Å². The molecule has 1 fully saturated rings. The van der Waals surface area contributed by atoms with Crippen molar-refractivity contribution >= 4 is 47.1 Å².